The van der Waals surface area contributed by atoms with Crippen LogP contribution < -0.4 is 5.32 Å². The fraction of sp³-hybridized carbons (Fsp3) is 0.222. The molecule has 3 rings (SSSR count). The highest BCUT2D eigenvalue weighted by molar-refractivity contribution is 5.75. The Morgan fingerprint density at radius 3 is 2.87 bits per heavy atom. The number of para-hydroxylation sites is 2. The van der Waals surface area contributed by atoms with Crippen LogP contribution in [0.2, 0.25) is 0 Å². The van der Waals surface area contributed by atoms with Crippen LogP contribution >= 0.6 is 0 Å². The molecule has 2 aromatic carbocycles. The van der Waals surface area contributed by atoms with Crippen molar-refractivity contribution in [1.82, 2.24) is 9.55 Å². The van der Waals surface area contributed by atoms with Gasteiger partial charge in [-0.2, -0.15) is 5.26 Å². The fourth-order valence-electron chi connectivity index (χ4n) is 2.72. The predicted molar refractivity (Wildman–Crippen MR) is 88.7 cm³/mol. The van der Waals surface area contributed by atoms with E-state index >= 15 is 0 Å². The number of anilines is 1. The average Bonchev–Trinajstić information content (AvgIpc) is 2.87. The molecule has 0 saturated carbocycles. The molecule has 116 valence electrons. The molecule has 0 amide bonds. The average molecular weight is 308 g/mol. The minimum Gasteiger partial charge on any atom is -0.384 e. The van der Waals surface area contributed by atoms with Crippen molar-refractivity contribution in [2.24, 2.45) is 0 Å². The lowest BCUT2D eigenvalue weighted by Gasteiger charge is -2.10. The van der Waals surface area contributed by atoms with Crippen LogP contribution in [0.4, 0.5) is 10.1 Å². The predicted octanol–water partition coefficient (Wildman–Crippen LogP) is 3.86. The smallest absolute Gasteiger partial charge is 0.143 e. The third kappa shape index (κ3) is 3.02. The lowest BCUT2D eigenvalue weighted by Crippen LogP contribution is -2.09. The first-order valence-electron chi connectivity index (χ1n) is 7.55. The molecule has 5 heteroatoms. The largest absolute Gasteiger partial charge is 0.384 e. The van der Waals surface area contributed by atoms with Gasteiger partial charge in [-0.25, -0.2) is 9.37 Å². The summed E-state index contributed by atoms with van der Waals surface area (Å²) in [5, 5.41) is 12.2. The number of nitrogens with zero attached hydrogens (tertiary/aromatic N) is 3. The normalized spacial score (nSPS) is 10.7. The van der Waals surface area contributed by atoms with Gasteiger partial charge in [-0.05, 0) is 37.6 Å². The Balaban J connectivity index is 1.65. The molecule has 0 aliphatic heterocycles. The number of aryl methyl sites for hydroxylation is 2. The minimum absolute atomic E-state index is 0.0664. The van der Waals surface area contributed by atoms with Crippen molar-refractivity contribution >= 4 is 16.7 Å². The molecule has 23 heavy (non-hydrogen) atoms. The molecule has 0 saturated heterocycles. The molecule has 1 aromatic heterocycles. The first-order valence-corrected chi connectivity index (χ1v) is 7.55. The Kier molecular flexibility index (Phi) is 4.24. The van der Waals surface area contributed by atoms with Gasteiger partial charge in [0.15, 0.2) is 0 Å². The highest BCUT2D eigenvalue weighted by Gasteiger charge is 2.08. The molecule has 0 unspecified atom stereocenters. The van der Waals surface area contributed by atoms with Crippen LogP contribution in [0.25, 0.3) is 11.0 Å². The van der Waals surface area contributed by atoms with E-state index in [-0.39, 0.29) is 5.56 Å². The monoisotopic (exact) mass is 308 g/mol. The van der Waals surface area contributed by atoms with Crippen LogP contribution in [-0.2, 0) is 6.54 Å². The van der Waals surface area contributed by atoms with Crippen LogP contribution in [0.15, 0.2) is 42.5 Å². The zero-order chi connectivity index (χ0) is 16.2. The molecular formula is C18H17FN4. The Morgan fingerprint density at radius 2 is 2.04 bits per heavy atom. The molecule has 3 aromatic rings. The van der Waals surface area contributed by atoms with Crippen LogP contribution in [0.1, 0.15) is 17.8 Å². The maximum atomic E-state index is 13.5. The first-order chi connectivity index (χ1) is 11.2. The second-order valence-electron chi connectivity index (χ2n) is 5.35. The van der Waals surface area contributed by atoms with Crippen LogP contribution in [-0.4, -0.2) is 16.1 Å². The van der Waals surface area contributed by atoms with E-state index in [1.54, 1.807) is 12.1 Å². The summed E-state index contributed by atoms with van der Waals surface area (Å²) < 4.78 is 15.7. The van der Waals surface area contributed by atoms with Crippen molar-refractivity contribution in [2.75, 3.05) is 11.9 Å². The lowest BCUT2D eigenvalue weighted by atomic mass is 10.2. The van der Waals surface area contributed by atoms with E-state index < -0.39 is 5.82 Å². The third-order valence-electron chi connectivity index (χ3n) is 3.84. The highest BCUT2D eigenvalue weighted by Crippen LogP contribution is 2.18. The van der Waals surface area contributed by atoms with Crippen LogP contribution in [0.3, 0.4) is 0 Å². The SMILES string of the molecule is Cc1nc2ccccc2n1CCCNc1cccc(F)c1C#N. The van der Waals surface area contributed by atoms with Gasteiger partial charge in [-0.1, -0.05) is 18.2 Å². The molecule has 0 fully saturated rings. The molecule has 1 N–H and O–H groups in total. The number of imidazole rings is 1. The van der Waals surface area contributed by atoms with E-state index in [0.717, 1.165) is 29.8 Å². The van der Waals surface area contributed by atoms with E-state index in [0.29, 0.717) is 12.2 Å². The summed E-state index contributed by atoms with van der Waals surface area (Å²) in [5.74, 6) is 0.489. The summed E-state index contributed by atoms with van der Waals surface area (Å²) >= 11 is 0. The van der Waals surface area contributed by atoms with Crippen LogP contribution in [0.5, 0.6) is 0 Å². The van der Waals surface area contributed by atoms with Gasteiger partial charge in [0.05, 0.1) is 16.7 Å². The first kappa shape index (κ1) is 15.0. The van der Waals surface area contributed by atoms with Crippen molar-refractivity contribution in [2.45, 2.75) is 19.9 Å². The molecule has 0 atom stereocenters. The Labute approximate surface area is 134 Å². The number of nitrogens with one attached hydrogen (secondary N) is 1. The number of halogens is 1. The molecular weight excluding hydrogens is 291 g/mol. The van der Waals surface area contributed by atoms with Gasteiger partial charge < -0.3 is 9.88 Å². The molecule has 0 aliphatic carbocycles. The van der Waals surface area contributed by atoms with Crippen molar-refractivity contribution in [1.29, 1.82) is 5.26 Å². The van der Waals surface area contributed by atoms with Gasteiger partial charge in [0, 0.05) is 13.1 Å². The summed E-state index contributed by atoms with van der Waals surface area (Å²) in [4.78, 5) is 4.54. The topological polar surface area (TPSA) is 53.6 Å². The maximum absolute atomic E-state index is 13.5. The second-order valence-corrected chi connectivity index (χ2v) is 5.35. The van der Waals surface area contributed by atoms with Gasteiger partial charge >= 0.3 is 0 Å². The zero-order valence-electron chi connectivity index (χ0n) is 12.9. The van der Waals surface area contributed by atoms with Crippen molar-refractivity contribution in [3.05, 3.63) is 59.7 Å². The minimum atomic E-state index is -0.492. The van der Waals surface area contributed by atoms with E-state index in [4.69, 9.17) is 5.26 Å². The number of fused-ring (bicyclic) bond motifs is 1. The molecule has 0 aliphatic rings. The summed E-state index contributed by atoms with van der Waals surface area (Å²) in [6.07, 6.45) is 0.850. The Hall–Kier alpha value is -2.87. The molecule has 0 bridgehead atoms. The highest BCUT2D eigenvalue weighted by atomic mass is 19.1. The Morgan fingerprint density at radius 1 is 1.22 bits per heavy atom. The lowest BCUT2D eigenvalue weighted by molar-refractivity contribution is 0.623. The van der Waals surface area contributed by atoms with E-state index in [2.05, 4.69) is 20.9 Å². The summed E-state index contributed by atoms with van der Waals surface area (Å²) in [6.45, 7) is 3.47. The van der Waals surface area contributed by atoms with Crippen molar-refractivity contribution in [3.63, 3.8) is 0 Å². The maximum Gasteiger partial charge on any atom is 0.143 e. The number of aromatic nitrogens is 2. The van der Waals surface area contributed by atoms with Gasteiger partial charge in [0.2, 0.25) is 0 Å². The zero-order valence-corrected chi connectivity index (χ0v) is 12.9. The van der Waals surface area contributed by atoms with Crippen LogP contribution in [0, 0.1) is 24.1 Å². The number of hydrogen-bond donors (Lipinski definition) is 1. The molecule has 0 spiro atoms. The molecule has 4 nitrogen and oxygen atoms in total. The number of benzene rings is 2. The van der Waals surface area contributed by atoms with Gasteiger partial charge in [0.1, 0.15) is 23.3 Å². The Bertz CT molecular complexity index is 876. The van der Waals surface area contributed by atoms with E-state index in [1.807, 2.05) is 31.2 Å². The second kappa shape index (κ2) is 6.49. The quantitative estimate of drug-likeness (QED) is 0.728. The van der Waals surface area contributed by atoms with E-state index in [9.17, 15) is 4.39 Å². The number of hydrogen-bond acceptors (Lipinski definition) is 3. The standard InChI is InChI=1S/C18H17FN4/c1-13-22-17-7-2-3-9-18(17)23(13)11-5-10-21-16-8-4-6-15(19)14(16)12-20/h2-4,6-9,21H,5,10-11H2,1H3. The molecule has 0 radical (unpaired) electrons. The summed E-state index contributed by atoms with van der Waals surface area (Å²) in [7, 11) is 0. The van der Waals surface area contributed by atoms with E-state index in [1.165, 1.54) is 6.07 Å². The van der Waals surface area contributed by atoms with Crippen molar-refractivity contribution in [3.8, 4) is 6.07 Å². The van der Waals surface area contributed by atoms with Crippen molar-refractivity contribution < 1.29 is 4.39 Å². The number of nitriles is 1. The third-order valence-corrected chi connectivity index (χ3v) is 3.84. The van der Waals surface area contributed by atoms with Gasteiger partial charge in [-0.15, -0.1) is 0 Å². The molecule has 1 heterocycles. The van der Waals surface area contributed by atoms with Gasteiger partial charge in [-0.3, -0.25) is 0 Å². The summed E-state index contributed by atoms with van der Waals surface area (Å²) in [5.41, 5.74) is 2.72. The fourth-order valence-corrected chi connectivity index (χ4v) is 2.72. The number of rotatable bonds is 5. The summed E-state index contributed by atoms with van der Waals surface area (Å²) in [6, 6.07) is 14.6. The van der Waals surface area contributed by atoms with Gasteiger partial charge in [0.25, 0.3) is 0 Å².